The number of rotatable bonds is 29. The normalized spacial score (nSPS) is 18.9. The molecule has 6 N–H and O–H groups in total. The number of carbonyl (C=O) groups is 2. The van der Waals surface area contributed by atoms with E-state index >= 15 is 0 Å². The van der Waals surface area contributed by atoms with Crippen molar-refractivity contribution in [3.63, 3.8) is 0 Å². The molecule has 9 heterocycles. The van der Waals surface area contributed by atoms with Crippen LogP contribution in [0.25, 0.3) is 65.0 Å². The molecule has 15 aromatic rings. The zero-order chi connectivity index (χ0) is 104. The van der Waals surface area contributed by atoms with Crippen molar-refractivity contribution in [3.8, 4) is 18.2 Å². The molecule has 147 heavy (non-hydrogen) atoms. The van der Waals surface area contributed by atoms with Crippen LogP contribution in [0.1, 0.15) is 207 Å². The Balaban J connectivity index is 0.000000140. The summed E-state index contributed by atoms with van der Waals surface area (Å²) in [5.74, 6) is 2.02. The number of pyridine rings is 6. The number of aliphatic hydroxyl groups excluding tert-OH is 1. The van der Waals surface area contributed by atoms with Gasteiger partial charge in [0.2, 0.25) is 0 Å². The number of amides is 2. The molecule has 0 aliphatic heterocycles. The van der Waals surface area contributed by atoms with Crippen molar-refractivity contribution in [1.29, 1.82) is 15.8 Å². The smallest absolute Gasteiger partial charge is 0.449 e. The molecule has 0 radical (unpaired) electrons. The first-order valence-electron chi connectivity index (χ1n) is 49.1. The molecule has 9 saturated carbocycles. The fourth-order valence-electron chi connectivity index (χ4n) is 21.1. The Bertz CT molecular complexity index is 8120. The van der Waals surface area contributed by atoms with Crippen molar-refractivity contribution in [2.45, 2.75) is 174 Å². The van der Waals surface area contributed by atoms with Crippen LogP contribution in [0.4, 0.5) is 38.0 Å². The molecular formula is C108H113Cl3N23O12P. The van der Waals surface area contributed by atoms with Crippen LogP contribution in [0.3, 0.4) is 0 Å². The van der Waals surface area contributed by atoms with Crippen LogP contribution in [0.5, 0.6) is 0 Å². The Hall–Kier alpha value is -14.1. The Morgan fingerprint density at radius 3 is 1.16 bits per heavy atom. The fourth-order valence-corrected chi connectivity index (χ4v) is 22.3. The van der Waals surface area contributed by atoms with Crippen molar-refractivity contribution >= 4 is 148 Å². The second-order valence-corrected chi connectivity index (χ2v) is 46.1. The molecule has 35 nitrogen and oxygen atoms in total. The highest BCUT2D eigenvalue weighted by atomic mass is 35.5. The van der Waals surface area contributed by atoms with Gasteiger partial charge in [0.1, 0.15) is 41.7 Å². The number of nitriles is 3. The van der Waals surface area contributed by atoms with Crippen LogP contribution in [0, 0.1) is 68.0 Å². The second kappa shape index (κ2) is 39.6. The number of halogens is 3. The number of aromatic nitrogens is 15. The lowest BCUT2D eigenvalue weighted by molar-refractivity contribution is -0.0990. The van der Waals surface area contributed by atoms with Gasteiger partial charge < -0.3 is 54.0 Å². The average molecular weight is 2060 g/mol. The molecule has 6 bridgehead atoms. The van der Waals surface area contributed by atoms with Crippen LogP contribution < -0.4 is 42.4 Å². The summed E-state index contributed by atoms with van der Waals surface area (Å²) in [6, 6.07) is 37.8. The molecule has 2 amide bonds. The minimum Gasteiger partial charge on any atom is -0.449 e. The number of benzene rings is 6. The Morgan fingerprint density at radius 2 is 0.810 bits per heavy atom. The molecule has 39 heteroatoms. The summed E-state index contributed by atoms with van der Waals surface area (Å²) in [7, 11) is 0.391. The van der Waals surface area contributed by atoms with Gasteiger partial charge in [-0.05, 0) is 209 Å². The lowest BCUT2D eigenvalue weighted by Crippen LogP contribution is -2.59. The molecular weight excluding hydrogens is 1950 g/mol. The van der Waals surface area contributed by atoms with E-state index in [9.17, 15) is 49.4 Å². The lowest BCUT2D eigenvalue weighted by Gasteiger charge is -2.61. The SMILES string of the molecule is Cn1ccc2c([C@@H](c3cn(C45CC(C4)C5)nn3)N(C(=O)OCCCO)c3cc(Cl)c4ncc(C#N)c(NCC(C)(C)C)c4c3)cccc2c1=O.Cn1ccc2c([C@@H](c3cn(C45CC(C4)C5)nn3)N(C(=O)OCCCOP(=O)(O)O)c3cc(Cl)c4ncc(C#N)c(NCC(C)(C)C)c4c3)cccc2c1=O.Cn1ccc2c([C@H](Cc3cc(Cl)c4ncc(C#N)c(NCC(C)(C)C)c4c3)c3cn(C45CC(C4)C5)nn3)cccc2c1=O. The quantitative estimate of drug-likeness (QED) is 0.0187. The van der Waals surface area contributed by atoms with Gasteiger partial charge in [0.25, 0.3) is 16.7 Å². The van der Waals surface area contributed by atoms with Crippen LogP contribution in [0.15, 0.2) is 179 Å². The summed E-state index contributed by atoms with van der Waals surface area (Å²) in [5.41, 5.74) is 9.15. The van der Waals surface area contributed by atoms with Gasteiger partial charge in [-0.2, -0.15) is 15.8 Å². The summed E-state index contributed by atoms with van der Waals surface area (Å²) in [6.07, 6.45) is 24.4. The number of ether oxygens (including phenoxy) is 2. The predicted octanol–water partition coefficient (Wildman–Crippen LogP) is 19.2. The number of phosphoric ester groups is 1. The topological polar surface area (TPSA) is 450 Å². The lowest BCUT2D eigenvalue weighted by atomic mass is 9.50. The van der Waals surface area contributed by atoms with Crippen LogP contribution in [-0.4, -0.2) is 147 Å². The summed E-state index contributed by atoms with van der Waals surface area (Å²) < 4.78 is 37.9. The third-order valence-electron chi connectivity index (χ3n) is 29.1. The zero-order valence-electron chi connectivity index (χ0n) is 83.5. The van der Waals surface area contributed by atoms with E-state index in [-0.39, 0.29) is 116 Å². The highest BCUT2D eigenvalue weighted by Gasteiger charge is 2.61. The van der Waals surface area contributed by atoms with Gasteiger partial charge >= 0.3 is 20.0 Å². The van der Waals surface area contributed by atoms with Gasteiger partial charge in [-0.15, -0.1) is 15.3 Å². The maximum absolute atomic E-state index is 14.6. The van der Waals surface area contributed by atoms with E-state index in [4.69, 9.17) is 59.2 Å². The summed E-state index contributed by atoms with van der Waals surface area (Å²) in [5, 5.41) is 84.2. The number of aryl methyl sites for hydroxylation is 3. The van der Waals surface area contributed by atoms with Crippen LogP contribution in [-0.2, 0) is 62.7 Å². The fraction of sp³-hybridized carbons (Fsp3) is 0.398. The maximum Gasteiger partial charge on any atom is 0.469 e. The van der Waals surface area contributed by atoms with Crippen LogP contribution >= 0.6 is 42.6 Å². The Labute approximate surface area is 861 Å². The molecule has 9 aromatic heterocycles. The van der Waals surface area contributed by atoms with Crippen molar-refractivity contribution in [3.05, 3.63) is 267 Å². The first kappa shape index (κ1) is 102. The van der Waals surface area contributed by atoms with Gasteiger partial charge in [0.15, 0.2) is 0 Å². The van der Waals surface area contributed by atoms with Gasteiger partial charge in [0, 0.05) is 142 Å². The van der Waals surface area contributed by atoms with E-state index < -0.39 is 32.1 Å². The molecule has 9 aliphatic rings. The van der Waals surface area contributed by atoms with E-state index in [0.717, 1.165) is 77.7 Å². The Kier molecular flexibility index (Phi) is 27.4. The molecule has 0 saturated heterocycles. The molecule has 758 valence electrons. The predicted molar refractivity (Wildman–Crippen MR) is 563 cm³/mol. The highest BCUT2D eigenvalue weighted by molar-refractivity contribution is 7.46. The van der Waals surface area contributed by atoms with Crippen molar-refractivity contribution in [1.82, 2.24) is 73.6 Å². The van der Waals surface area contributed by atoms with E-state index in [0.29, 0.717) is 148 Å². The first-order valence-corrected chi connectivity index (χ1v) is 51.8. The van der Waals surface area contributed by atoms with Crippen molar-refractivity contribution < 1.29 is 43.0 Å². The molecule has 24 rings (SSSR count). The van der Waals surface area contributed by atoms with E-state index in [2.05, 4.69) is 165 Å². The van der Waals surface area contributed by atoms with E-state index in [1.54, 1.807) is 98.9 Å². The molecule has 3 atom stereocenters. The number of hydrogen-bond donors (Lipinski definition) is 6. The Morgan fingerprint density at radius 1 is 0.469 bits per heavy atom. The van der Waals surface area contributed by atoms with E-state index in [1.165, 1.54) is 50.6 Å². The monoisotopic (exact) mass is 2060 g/mol. The first-order chi connectivity index (χ1) is 70.0. The highest BCUT2D eigenvalue weighted by Crippen LogP contribution is 2.64. The number of fused-ring (bicyclic) bond motifs is 6. The van der Waals surface area contributed by atoms with Gasteiger partial charge in [-0.25, -0.2) is 28.2 Å². The average Bonchev–Trinajstić information content (AvgIpc) is 1.68. The summed E-state index contributed by atoms with van der Waals surface area (Å²) in [4.78, 5) is 104. The van der Waals surface area contributed by atoms with Gasteiger partial charge in [0.05, 0.1) is 131 Å². The standard InChI is InChI=1S/C37H40ClN8O7P.C37H39ClN8O4.C34H34ClN7O/c1-36(2,3)21-41-31-23(18-39)19-40-32-28(31)13-24(14-29(32)38)46(35(48)52-11-6-12-53-54(49,50)51)33(30-20-45(43-42-30)37-15-22(16-37)17-37)26-7-5-8-27-25(26)9-10-44(4)34(27)47;1-36(2,3)21-41-31-23(18-39)19-40-32-28(31)13-24(14-29(32)38)46(35(49)50-12-6-11-47)33(30-20-45(43-42-30)37-15-22(16-37)17-37)26-7-5-8-27-25(26)9-10-44(4)34(27)48;1-33(2,3)19-38-30-22(16-36)17-37-31-27(30)11-20(12-28(31)35)10-26(29-18-42(40-39-29)34-13-21(14-34)15-34)23-6-5-7-25-24(23)8-9-41(4)32(25)43/h5,7-10,13-14,19-20,22,33H,6,11-12,15-17,21H2,1-4H3,(H,40,41)(H2,49,50,51);5,7-10,13-14,19-20,22,33,47H,6,11-12,15-17,21H2,1-4H3,(H,40,41);5-9,11-12,17-18,21,26H,10,13-15,19H2,1-4H3,(H,37,38)/t2*22?,33-,37?;21?,26-,34?/m000/s1. The molecule has 0 spiro atoms. The third-order valence-corrected chi connectivity index (χ3v) is 30.5. The zero-order valence-corrected chi connectivity index (χ0v) is 86.7. The van der Waals surface area contributed by atoms with Crippen molar-refractivity contribution in [2.24, 2.45) is 55.1 Å². The largest absolute Gasteiger partial charge is 0.469 e. The molecule has 9 fully saturated rings. The number of phosphoric acid groups is 1. The minimum absolute atomic E-state index is 0.00641. The molecule has 9 aliphatic carbocycles. The van der Waals surface area contributed by atoms with Crippen molar-refractivity contribution in [2.75, 3.05) is 71.8 Å². The second-order valence-electron chi connectivity index (χ2n) is 43.6. The van der Waals surface area contributed by atoms with Crippen LogP contribution in [0.2, 0.25) is 15.1 Å². The number of nitrogens with one attached hydrogen (secondary N) is 3. The number of aliphatic hydroxyl groups is 1. The summed E-state index contributed by atoms with van der Waals surface area (Å²) >= 11 is 20.8. The molecule has 6 aromatic carbocycles. The van der Waals surface area contributed by atoms with Gasteiger partial charge in [-0.3, -0.25) is 43.7 Å². The van der Waals surface area contributed by atoms with E-state index in [1.807, 2.05) is 70.4 Å². The van der Waals surface area contributed by atoms with Gasteiger partial charge in [-0.1, -0.05) is 149 Å². The number of nitrogens with zero attached hydrogens (tertiary/aromatic N) is 20. The number of carbonyl (C=O) groups excluding carboxylic acids is 2. The maximum atomic E-state index is 14.6. The summed E-state index contributed by atoms with van der Waals surface area (Å²) in [6.45, 7) is 19.8. The minimum atomic E-state index is -4.73. The molecule has 0 unspecified atom stereocenters. The number of anilines is 5. The number of hydrogen-bond acceptors (Lipinski definition) is 25. The third kappa shape index (κ3) is 20.0.